The van der Waals surface area contributed by atoms with Gasteiger partial charge in [0.25, 0.3) is 5.91 Å². The molecule has 5 rings (SSSR count). The van der Waals surface area contributed by atoms with E-state index in [0.29, 0.717) is 24.2 Å². The van der Waals surface area contributed by atoms with Crippen molar-refractivity contribution in [1.82, 2.24) is 20.5 Å². The molecule has 0 radical (unpaired) electrons. The van der Waals surface area contributed by atoms with Crippen LogP contribution in [0.25, 0.3) is 0 Å². The van der Waals surface area contributed by atoms with Crippen LogP contribution in [0.4, 0.5) is 14.5 Å². The Morgan fingerprint density at radius 3 is 2.77 bits per heavy atom. The van der Waals surface area contributed by atoms with E-state index in [9.17, 15) is 18.4 Å². The third-order valence-electron chi connectivity index (χ3n) is 5.53. The molecule has 152 valence electrons. The Hall–Kier alpha value is -3.62. The summed E-state index contributed by atoms with van der Waals surface area (Å²) in [7, 11) is 0. The van der Waals surface area contributed by atoms with Crippen molar-refractivity contribution >= 4 is 17.5 Å². The number of hydrogen-bond donors (Lipinski definition) is 3. The average Bonchev–Trinajstić information content (AvgIpc) is 3.39. The quantitative estimate of drug-likeness (QED) is 0.617. The molecule has 9 heteroatoms. The molecule has 0 saturated heterocycles. The van der Waals surface area contributed by atoms with Gasteiger partial charge in [0.15, 0.2) is 0 Å². The highest BCUT2D eigenvalue weighted by molar-refractivity contribution is 6.01. The maximum atomic E-state index is 14.1. The number of amides is 2. The number of rotatable bonds is 4. The molecule has 0 spiro atoms. The molecule has 1 aromatic heterocycles. The molecule has 1 saturated carbocycles. The average molecular weight is 409 g/mol. The number of nitrogens with one attached hydrogen (secondary N) is 3. The number of hydrogen-bond acceptors (Lipinski definition) is 4. The number of carbonyl (C=O) groups is 2. The first-order valence-corrected chi connectivity index (χ1v) is 9.56. The second kappa shape index (κ2) is 7.01. The smallest absolute Gasteiger partial charge is 0.289 e. The fraction of sp³-hybridized carbons (Fsp3) is 0.238. The summed E-state index contributed by atoms with van der Waals surface area (Å²) in [5, 5.41) is 13.0. The van der Waals surface area contributed by atoms with Crippen molar-refractivity contribution in [1.29, 1.82) is 0 Å². The lowest BCUT2D eigenvalue weighted by Gasteiger charge is -2.16. The molecule has 3 aromatic rings. The standard InChI is InChI=1S/C21H17F2N5O2/c22-11-7-13-12-9-14(12)18(20(29)25-17(13)15(23)8-11)26-21(30)19-24-16(27-28-19)6-10-4-2-1-3-5-10/h1-5,7-8,12,14,18H,6,9H2,(H,25,29)(H,26,30)(H,24,27,28)/t12?,14-,18+/m1/s1. The van der Waals surface area contributed by atoms with Crippen molar-refractivity contribution < 1.29 is 18.4 Å². The zero-order chi connectivity index (χ0) is 20.8. The van der Waals surface area contributed by atoms with Gasteiger partial charge in [-0.05, 0) is 35.4 Å². The highest BCUT2D eigenvalue weighted by Crippen LogP contribution is 2.54. The minimum Gasteiger partial charge on any atom is -0.337 e. The van der Waals surface area contributed by atoms with Crippen molar-refractivity contribution in [2.24, 2.45) is 5.92 Å². The van der Waals surface area contributed by atoms with E-state index in [1.165, 1.54) is 6.07 Å². The van der Waals surface area contributed by atoms with Crippen LogP contribution in [-0.2, 0) is 11.2 Å². The molecule has 1 aliphatic heterocycles. The summed E-state index contributed by atoms with van der Waals surface area (Å²) in [6, 6.07) is 10.7. The molecule has 7 nitrogen and oxygen atoms in total. The number of nitrogens with zero attached hydrogens (tertiary/aromatic N) is 2. The van der Waals surface area contributed by atoms with Crippen LogP contribution in [0.5, 0.6) is 0 Å². The molecule has 2 amide bonds. The first kappa shape index (κ1) is 18.4. The van der Waals surface area contributed by atoms with E-state index in [-0.39, 0.29) is 23.3 Å². The number of aromatic nitrogens is 3. The van der Waals surface area contributed by atoms with Crippen molar-refractivity contribution in [3.8, 4) is 0 Å². The van der Waals surface area contributed by atoms with Gasteiger partial charge in [0, 0.05) is 12.5 Å². The van der Waals surface area contributed by atoms with Gasteiger partial charge in [-0.1, -0.05) is 30.3 Å². The van der Waals surface area contributed by atoms with Crippen molar-refractivity contribution in [3.63, 3.8) is 0 Å². The Morgan fingerprint density at radius 2 is 1.97 bits per heavy atom. The minimum absolute atomic E-state index is 0.00934. The summed E-state index contributed by atoms with van der Waals surface area (Å²) >= 11 is 0. The predicted molar refractivity (Wildman–Crippen MR) is 103 cm³/mol. The van der Waals surface area contributed by atoms with Crippen LogP contribution >= 0.6 is 0 Å². The van der Waals surface area contributed by atoms with Crippen molar-refractivity contribution in [2.75, 3.05) is 5.32 Å². The number of fused-ring (bicyclic) bond motifs is 3. The Morgan fingerprint density at radius 1 is 1.17 bits per heavy atom. The van der Waals surface area contributed by atoms with Crippen LogP contribution in [0, 0.1) is 17.6 Å². The van der Waals surface area contributed by atoms with Gasteiger partial charge < -0.3 is 15.6 Å². The SMILES string of the molecule is O=C(N[C@@H]1C(=O)Nc2c(F)cc(F)cc2C2C[C@H]21)c1nnc(Cc2ccccc2)[nH]1. The Balaban J connectivity index is 1.32. The third-order valence-corrected chi connectivity index (χ3v) is 5.53. The van der Waals surface area contributed by atoms with Gasteiger partial charge in [0.1, 0.15) is 23.5 Å². The Labute approximate surface area is 169 Å². The predicted octanol–water partition coefficient (Wildman–Crippen LogP) is 2.53. The van der Waals surface area contributed by atoms with Gasteiger partial charge in [0.2, 0.25) is 11.7 Å². The van der Waals surface area contributed by atoms with E-state index in [2.05, 4.69) is 25.8 Å². The van der Waals surface area contributed by atoms with Crippen LogP contribution in [-0.4, -0.2) is 33.0 Å². The van der Waals surface area contributed by atoms with E-state index in [4.69, 9.17) is 0 Å². The highest BCUT2D eigenvalue weighted by Gasteiger charge is 2.51. The van der Waals surface area contributed by atoms with Gasteiger partial charge in [-0.25, -0.2) is 8.78 Å². The normalized spacial score (nSPS) is 21.8. The zero-order valence-electron chi connectivity index (χ0n) is 15.7. The van der Waals surface area contributed by atoms with Gasteiger partial charge in [-0.15, -0.1) is 10.2 Å². The zero-order valence-corrected chi connectivity index (χ0v) is 15.7. The van der Waals surface area contributed by atoms with Crippen LogP contribution in [0.3, 0.4) is 0 Å². The molecule has 30 heavy (non-hydrogen) atoms. The second-order valence-corrected chi connectivity index (χ2v) is 7.58. The fourth-order valence-electron chi connectivity index (χ4n) is 4.00. The van der Waals surface area contributed by atoms with E-state index < -0.39 is 29.5 Å². The molecule has 0 bridgehead atoms. The van der Waals surface area contributed by atoms with Crippen LogP contribution in [0.2, 0.25) is 0 Å². The molecular formula is C21H17F2N5O2. The number of carbonyl (C=O) groups excluding carboxylic acids is 2. The first-order chi connectivity index (χ1) is 14.5. The molecule has 1 aliphatic carbocycles. The van der Waals surface area contributed by atoms with Crippen molar-refractivity contribution in [3.05, 3.63) is 76.9 Å². The maximum absolute atomic E-state index is 14.1. The van der Waals surface area contributed by atoms with E-state index in [0.717, 1.165) is 11.6 Å². The molecule has 2 aliphatic rings. The lowest BCUT2D eigenvalue weighted by atomic mass is 10.1. The minimum atomic E-state index is -0.875. The Kier molecular flexibility index (Phi) is 4.30. The highest BCUT2D eigenvalue weighted by atomic mass is 19.1. The number of benzene rings is 2. The topological polar surface area (TPSA) is 99.8 Å². The summed E-state index contributed by atoms with van der Waals surface area (Å²) in [6.45, 7) is 0. The molecular weight excluding hydrogens is 392 g/mol. The molecule has 2 aromatic carbocycles. The summed E-state index contributed by atoms with van der Waals surface area (Å²) < 4.78 is 27.8. The molecule has 1 unspecified atom stereocenters. The van der Waals surface area contributed by atoms with Gasteiger partial charge >= 0.3 is 0 Å². The van der Waals surface area contributed by atoms with E-state index >= 15 is 0 Å². The maximum Gasteiger partial charge on any atom is 0.289 e. The second-order valence-electron chi connectivity index (χ2n) is 7.58. The molecule has 1 fully saturated rings. The first-order valence-electron chi connectivity index (χ1n) is 9.56. The van der Waals surface area contributed by atoms with Crippen LogP contribution in [0.1, 0.15) is 39.9 Å². The van der Waals surface area contributed by atoms with Crippen LogP contribution < -0.4 is 10.6 Å². The van der Waals surface area contributed by atoms with Crippen LogP contribution in [0.15, 0.2) is 42.5 Å². The Bertz CT molecular complexity index is 1150. The van der Waals surface area contributed by atoms with Gasteiger partial charge in [-0.3, -0.25) is 9.59 Å². The van der Waals surface area contributed by atoms with E-state index in [1.54, 1.807) is 0 Å². The lowest BCUT2D eigenvalue weighted by Crippen LogP contribution is -2.45. The molecule has 3 N–H and O–H groups in total. The lowest BCUT2D eigenvalue weighted by molar-refractivity contribution is -0.118. The summed E-state index contributed by atoms with van der Waals surface area (Å²) in [6.07, 6.45) is 1.04. The van der Waals surface area contributed by atoms with Gasteiger partial charge in [-0.2, -0.15) is 0 Å². The number of H-pyrrole nitrogens is 1. The van der Waals surface area contributed by atoms with Crippen molar-refractivity contribution in [2.45, 2.75) is 24.8 Å². The summed E-state index contributed by atoms with van der Waals surface area (Å²) in [4.78, 5) is 28.1. The summed E-state index contributed by atoms with van der Waals surface area (Å²) in [5.41, 5.74) is 1.42. The third kappa shape index (κ3) is 3.32. The number of halogens is 2. The number of aromatic amines is 1. The largest absolute Gasteiger partial charge is 0.337 e. The van der Waals surface area contributed by atoms with Gasteiger partial charge in [0.05, 0.1) is 5.69 Å². The van der Waals surface area contributed by atoms with E-state index in [1.807, 2.05) is 30.3 Å². The molecule has 3 atom stereocenters. The summed E-state index contributed by atoms with van der Waals surface area (Å²) in [5.74, 6) is -2.55. The monoisotopic (exact) mass is 409 g/mol. The molecule has 2 heterocycles. The number of anilines is 1. The fourth-order valence-corrected chi connectivity index (χ4v) is 4.00.